The van der Waals surface area contributed by atoms with Crippen LogP contribution in [0.2, 0.25) is 23.2 Å². The van der Waals surface area contributed by atoms with E-state index >= 15 is 0 Å². The Balaban J connectivity index is 4.79. The molecule has 5 heteroatoms. The third kappa shape index (κ3) is 4.04. The average molecular weight is 287 g/mol. The van der Waals surface area contributed by atoms with Crippen LogP contribution in [0.3, 0.4) is 0 Å². The van der Waals surface area contributed by atoms with Gasteiger partial charge in [0.1, 0.15) is 0 Å². The Bertz CT molecular complexity index is 182. The molecular weight excluding hydrogens is 263 g/mol. The molecule has 0 N–H and O–H groups in total. The zero-order valence-electron chi connectivity index (χ0n) is 10.7. The molecule has 0 aromatic carbocycles. The zero-order chi connectivity index (χ0) is 12.3. The van der Waals surface area contributed by atoms with Crippen LogP contribution in [0.4, 0.5) is 0 Å². The maximum atomic E-state index is 6.63. The maximum absolute atomic E-state index is 6.63. The van der Waals surface area contributed by atoms with Crippen LogP contribution >= 0.6 is 22.2 Å². The minimum Gasteiger partial charge on any atom is -0.432 e. The van der Waals surface area contributed by atoms with Crippen molar-refractivity contribution in [3.8, 4) is 0 Å². The molecule has 0 aromatic rings. The van der Waals surface area contributed by atoms with E-state index in [1.165, 1.54) is 0 Å². The van der Waals surface area contributed by atoms with Crippen molar-refractivity contribution in [3.05, 3.63) is 0 Å². The van der Waals surface area contributed by atoms with E-state index in [9.17, 15) is 0 Å². The van der Waals surface area contributed by atoms with Crippen LogP contribution in [-0.4, -0.2) is 15.3 Å². The van der Waals surface area contributed by atoms with Crippen LogP contribution < -0.4 is 0 Å². The molecule has 2 atom stereocenters. The standard InChI is InChI=1S/C10H24Cl2OSi2/c1-7-14(11,9(3)4)13-15(12,8-2)10(5)6/h9-10H,7-8H2,1-6H3. The number of halogens is 2. The van der Waals surface area contributed by atoms with Gasteiger partial charge in [-0.25, -0.2) is 0 Å². The van der Waals surface area contributed by atoms with Crippen molar-refractivity contribution in [3.63, 3.8) is 0 Å². The van der Waals surface area contributed by atoms with Gasteiger partial charge < -0.3 is 4.12 Å². The smallest absolute Gasteiger partial charge is 0.283 e. The molecule has 0 aliphatic heterocycles. The Hall–Kier alpha value is 0.974. The molecule has 92 valence electrons. The average Bonchev–Trinajstić information content (AvgIpc) is 2.16. The van der Waals surface area contributed by atoms with Crippen molar-refractivity contribution in [1.82, 2.24) is 0 Å². The lowest BCUT2D eigenvalue weighted by atomic mass is 10.6. The van der Waals surface area contributed by atoms with E-state index in [0.717, 1.165) is 12.1 Å². The fourth-order valence-electron chi connectivity index (χ4n) is 1.48. The third-order valence-electron chi connectivity index (χ3n) is 3.03. The molecule has 0 bridgehead atoms. The highest BCUT2D eigenvalue weighted by molar-refractivity contribution is 7.26. The molecule has 0 saturated heterocycles. The van der Waals surface area contributed by atoms with E-state index < -0.39 is 15.3 Å². The summed E-state index contributed by atoms with van der Waals surface area (Å²) in [7, 11) is -4.24. The van der Waals surface area contributed by atoms with Gasteiger partial charge in [-0.15, -0.1) is 22.2 Å². The molecule has 1 nitrogen and oxygen atoms in total. The van der Waals surface area contributed by atoms with Crippen LogP contribution in [0.5, 0.6) is 0 Å². The minimum absolute atomic E-state index is 0.417. The van der Waals surface area contributed by atoms with Crippen LogP contribution in [0.15, 0.2) is 0 Å². The monoisotopic (exact) mass is 286 g/mol. The van der Waals surface area contributed by atoms with Crippen molar-refractivity contribution in [2.45, 2.75) is 64.7 Å². The van der Waals surface area contributed by atoms with Crippen molar-refractivity contribution in [1.29, 1.82) is 0 Å². The quantitative estimate of drug-likeness (QED) is 0.480. The van der Waals surface area contributed by atoms with Crippen molar-refractivity contribution in [2.24, 2.45) is 0 Å². The van der Waals surface area contributed by atoms with Gasteiger partial charge in [0.15, 0.2) is 0 Å². The van der Waals surface area contributed by atoms with E-state index in [1.807, 2.05) is 0 Å². The van der Waals surface area contributed by atoms with Crippen molar-refractivity contribution < 1.29 is 4.12 Å². The topological polar surface area (TPSA) is 9.23 Å². The Kier molecular flexibility index (Phi) is 6.45. The van der Waals surface area contributed by atoms with E-state index in [1.54, 1.807) is 0 Å². The SMILES string of the molecule is CC[Si](Cl)(O[Si](Cl)(CC)C(C)C)C(C)C. The Morgan fingerprint density at radius 2 is 1.13 bits per heavy atom. The molecule has 0 spiro atoms. The second-order valence-corrected chi connectivity index (χ2v) is 16.2. The molecule has 15 heavy (non-hydrogen) atoms. The molecule has 2 unspecified atom stereocenters. The van der Waals surface area contributed by atoms with Crippen molar-refractivity contribution >= 4 is 37.4 Å². The Morgan fingerprint density at radius 3 is 1.27 bits per heavy atom. The summed E-state index contributed by atoms with van der Waals surface area (Å²) in [6.45, 7) is 12.8. The largest absolute Gasteiger partial charge is 0.432 e. The number of rotatable bonds is 6. The van der Waals surface area contributed by atoms with E-state index in [2.05, 4.69) is 41.5 Å². The lowest BCUT2D eigenvalue weighted by Crippen LogP contribution is -2.48. The molecule has 0 fully saturated rings. The summed E-state index contributed by atoms with van der Waals surface area (Å²) < 4.78 is 6.26. The molecular formula is C10H24Cl2OSi2. The van der Waals surface area contributed by atoms with Gasteiger partial charge in [0.05, 0.1) is 0 Å². The van der Waals surface area contributed by atoms with E-state index in [-0.39, 0.29) is 0 Å². The molecule has 0 aromatic heterocycles. The second kappa shape index (κ2) is 6.06. The lowest BCUT2D eigenvalue weighted by Gasteiger charge is -2.38. The van der Waals surface area contributed by atoms with Crippen molar-refractivity contribution in [2.75, 3.05) is 0 Å². The first-order valence-corrected chi connectivity index (χ1v) is 12.2. The molecule has 0 saturated carbocycles. The fourth-order valence-corrected chi connectivity index (χ4v) is 11.2. The third-order valence-corrected chi connectivity index (χ3v) is 16.7. The zero-order valence-corrected chi connectivity index (χ0v) is 14.2. The first-order chi connectivity index (χ1) is 6.72. The summed E-state index contributed by atoms with van der Waals surface area (Å²) in [6.07, 6.45) is 0. The highest BCUT2D eigenvalue weighted by atomic mass is 35.6. The summed E-state index contributed by atoms with van der Waals surface area (Å²) in [5.41, 5.74) is 0.834. The van der Waals surface area contributed by atoms with Gasteiger partial charge in [-0.1, -0.05) is 41.5 Å². The van der Waals surface area contributed by atoms with Gasteiger partial charge in [-0.3, -0.25) is 0 Å². The van der Waals surface area contributed by atoms with Gasteiger partial charge in [0, 0.05) is 0 Å². The van der Waals surface area contributed by atoms with Gasteiger partial charge in [0.25, 0.3) is 15.3 Å². The minimum atomic E-state index is -2.12. The highest BCUT2D eigenvalue weighted by Gasteiger charge is 2.46. The summed E-state index contributed by atoms with van der Waals surface area (Å²) in [5, 5.41) is 0. The van der Waals surface area contributed by atoms with Crippen LogP contribution in [-0.2, 0) is 4.12 Å². The van der Waals surface area contributed by atoms with E-state index in [4.69, 9.17) is 26.3 Å². The summed E-state index contributed by atoms with van der Waals surface area (Å²) in [5.74, 6) is 0. The molecule has 0 aliphatic carbocycles. The highest BCUT2D eigenvalue weighted by Crippen LogP contribution is 2.39. The predicted octanol–water partition coefficient (Wildman–Crippen LogP) is 5.22. The summed E-state index contributed by atoms with van der Waals surface area (Å²) >= 11 is 13.3. The van der Waals surface area contributed by atoms with Gasteiger partial charge in [-0.05, 0) is 23.2 Å². The fraction of sp³-hybridized carbons (Fsp3) is 1.00. The first-order valence-electron chi connectivity index (χ1n) is 5.79. The van der Waals surface area contributed by atoms with Crippen LogP contribution in [0.1, 0.15) is 41.5 Å². The van der Waals surface area contributed by atoms with Gasteiger partial charge in [-0.2, -0.15) is 0 Å². The summed E-state index contributed by atoms with van der Waals surface area (Å²) in [4.78, 5) is 0. The normalized spacial score (nSPS) is 20.4. The number of hydrogen-bond acceptors (Lipinski definition) is 1. The Morgan fingerprint density at radius 1 is 0.867 bits per heavy atom. The Labute approximate surface area is 106 Å². The molecule has 0 heterocycles. The first kappa shape index (κ1) is 16.0. The molecule has 0 rings (SSSR count). The van der Waals surface area contributed by atoms with Crippen LogP contribution in [0.25, 0.3) is 0 Å². The molecule has 0 amide bonds. The second-order valence-electron chi connectivity index (χ2n) is 4.69. The van der Waals surface area contributed by atoms with Crippen LogP contribution in [0, 0.1) is 0 Å². The van der Waals surface area contributed by atoms with Gasteiger partial charge >= 0.3 is 0 Å². The van der Waals surface area contributed by atoms with E-state index in [0.29, 0.717) is 11.1 Å². The number of hydrogen-bond donors (Lipinski definition) is 0. The van der Waals surface area contributed by atoms with Gasteiger partial charge in [0.2, 0.25) is 0 Å². The lowest BCUT2D eigenvalue weighted by molar-refractivity contribution is 0.526. The maximum Gasteiger partial charge on any atom is 0.283 e. The molecule has 0 radical (unpaired) electrons. The predicted molar refractivity (Wildman–Crippen MR) is 75.5 cm³/mol. The summed E-state index contributed by atoms with van der Waals surface area (Å²) in [6, 6.07) is 1.86. The molecule has 0 aliphatic rings.